The number of hydrogen-bond acceptors (Lipinski definition) is 8. The fourth-order valence-electron chi connectivity index (χ4n) is 6.03. The van der Waals surface area contributed by atoms with Crippen LogP contribution in [0, 0.1) is 23.7 Å². The van der Waals surface area contributed by atoms with Crippen LogP contribution in [0.3, 0.4) is 0 Å². The molecule has 2 aromatic heterocycles. The summed E-state index contributed by atoms with van der Waals surface area (Å²) in [4.78, 5) is 63.4. The normalized spacial score (nSPS) is 14.5. The van der Waals surface area contributed by atoms with E-state index in [9.17, 15) is 19.2 Å². The van der Waals surface area contributed by atoms with E-state index >= 15 is 0 Å². The number of aromatic nitrogens is 2. The van der Waals surface area contributed by atoms with Crippen molar-refractivity contribution in [2.24, 2.45) is 23.7 Å². The molecule has 2 heterocycles. The van der Waals surface area contributed by atoms with Crippen LogP contribution < -0.4 is 5.32 Å². The Hall–Kier alpha value is -3.92. The second kappa shape index (κ2) is 18.6. The minimum absolute atomic E-state index is 0.00130. The average Bonchev–Trinajstić information content (AvgIpc) is 3.55. The Labute approximate surface area is 289 Å². The monoisotopic (exact) mass is 676 g/mol. The Bertz CT molecular complexity index is 1480. The van der Waals surface area contributed by atoms with Gasteiger partial charge in [0.2, 0.25) is 5.91 Å². The fraction of sp³-hybridized carbons (Fsp3) is 0.526. The van der Waals surface area contributed by atoms with E-state index in [2.05, 4.69) is 41.3 Å². The van der Waals surface area contributed by atoms with Gasteiger partial charge in [0.15, 0.2) is 11.9 Å². The molecule has 0 unspecified atom stereocenters. The summed E-state index contributed by atoms with van der Waals surface area (Å²) in [7, 11) is 1.75. The first kappa shape index (κ1) is 38.5. The summed E-state index contributed by atoms with van der Waals surface area (Å²) in [6.07, 6.45) is 3.42. The highest BCUT2D eigenvalue weighted by Crippen LogP contribution is 2.32. The van der Waals surface area contributed by atoms with Crippen LogP contribution >= 0.6 is 11.3 Å². The number of nitrogens with one attached hydrogen (secondary N) is 1. The number of esters is 1. The molecule has 5 atom stereocenters. The molecule has 0 bridgehead atoms. The molecule has 0 saturated heterocycles. The molecule has 1 N–H and O–H groups in total. The molecular formula is C38H52N4O5S. The molecule has 2 amide bonds. The third-order valence-electron chi connectivity index (χ3n) is 8.83. The van der Waals surface area contributed by atoms with Crippen LogP contribution in [0.2, 0.25) is 0 Å². The predicted octanol–water partition coefficient (Wildman–Crippen LogP) is 7.34. The van der Waals surface area contributed by atoms with E-state index in [0.717, 1.165) is 18.4 Å². The smallest absolute Gasteiger partial charge is 0.303 e. The first-order valence-electron chi connectivity index (χ1n) is 17.0. The molecule has 0 aliphatic carbocycles. The van der Waals surface area contributed by atoms with Crippen LogP contribution in [0.15, 0.2) is 60.1 Å². The Kier molecular flexibility index (Phi) is 14.9. The summed E-state index contributed by atoms with van der Waals surface area (Å²) >= 11 is 1.26. The van der Waals surface area contributed by atoms with Gasteiger partial charge in [-0.15, -0.1) is 11.3 Å². The van der Waals surface area contributed by atoms with Crippen molar-refractivity contribution >= 4 is 34.9 Å². The van der Waals surface area contributed by atoms with Gasteiger partial charge in [-0.2, -0.15) is 0 Å². The number of nitrogens with zero attached hydrogens (tertiary/aromatic N) is 3. The number of ether oxygens (including phenoxy) is 1. The highest BCUT2D eigenvalue weighted by atomic mass is 32.1. The Morgan fingerprint density at radius 3 is 2.21 bits per heavy atom. The molecule has 48 heavy (non-hydrogen) atoms. The Morgan fingerprint density at radius 1 is 0.938 bits per heavy atom. The summed E-state index contributed by atoms with van der Waals surface area (Å²) in [5, 5.41) is 5.35. The average molecular weight is 677 g/mol. The SMILES string of the molecule is CC[C@H](C)[C@H](CC(=O)c1ccccn1)C(=O)N(C)[C@H](C[C@@H](OC(C)=O)c1nc(C(=O)N[C@@H](Cc2ccccc2)CC(C)C)cs1)C(C)C. The van der Waals surface area contributed by atoms with Gasteiger partial charge >= 0.3 is 5.97 Å². The third kappa shape index (κ3) is 11.4. The Morgan fingerprint density at radius 2 is 1.62 bits per heavy atom. The summed E-state index contributed by atoms with van der Waals surface area (Å²) in [5.74, 6) is -1.24. The quantitative estimate of drug-likeness (QED) is 0.111. The van der Waals surface area contributed by atoms with Crippen molar-refractivity contribution in [3.05, 3.63) is 82.1 Å². The van der Waals surface area contributed by atoms with E-state index < -0.39 is 18.0 Å². The molecule has 1 aromatic carbocycles. The zero-order valence-corrected chi connectivity index (χ0v) is 30.5. The molecule has 0 saturated carbocycles. The zero-order valence-electron chi connectivity index (χ0n) is 29.6. The van der Waals surface area contributed by atoms with E-state index in [1.54, 1.807) is 41.7 Å². The van der Waals surface area contributed by atoms with E-state index in [0.29, 0.717) is 29.5 Å². The molecule has 0 fully saturated rings. The van der Waals surface area contributed by atoms with Gasteiger partial charge in [0.1, 0.15) is 16.4 Å². The van der Waals surface area contributed by atoms with Crippen molar-refractivity contribution in [2.75, 3.05) is 7.05 Å². The van der Waals surface area contributed by atoms with E-state index in [4.69, 9.17) is 4.74 Å². The molecule has 3 rings (SSSR count). The van der Waals surface area contributed by atoms with Gasteiger partial charge in [-0.25, -0.2) is 4.98 Å². The van der Waals surface area contributed by atoms with Crippen LogP contribution in [-0.2, 0) is 20.7 Å². The molecule has 0 spiro atoms. The van der Waals surface area contributed by atoms with Crippen LogP contribution in [-0.4, -0.2) is 57.6 Å². The highest BCUT2D eigenvalue weighted by molar-refractivity contribution is 7.09. The third-order valence-corrected chi connectivity index (χ3v) is 9.77. The molecule has 0 radical (unpaired) electrons. The summed E-state index contributed by atoms with van der Waals surface area (Å²) in [5.41, 5.74) is 1.76. The molecule has 0 aliphatic heterocycles. The van der Waals surface area contributed by atoms with Crippen LogP contribution in [0.5, 0.6) is 0 Å². The standard InChI is InChI=1S/C38H52N4O5S/c1-9-26(6)30(21-34(44)31-17-13-14-18-39-31)38(46)42(8)33(25(4)5)22-35(47-27(7)43)37-41-32(23-48-37)36(45)40-29(19-24(2)3)20-28-15-11-10-12-16-28/h10-18,23-26,29-30,33,35H,9,19-22H2,1-8H3,(H,40,45)/t26-,29+,30-,33+,35+/m0/s1. The molecular weight excluding hydrogens is 625 g/mol. The predicted molar refractivity (Wildman–Crippen MR) is 190 cm³/mol. The maximum absolute atomic E-state index is 14.1. The minimum Gasteiger partial charge on any atom is -0.455 e. The molecule has 0 aliphatic rings. The van der Waals surface area contributed by atoms with Gasteiger partial charge < -0.3 is 15.0 Å². The highest BCUT2D eigenvalue weighted by Gasteiger charge is 2.36. The van der Waals surface area contributed by atoms with Crippen LogP contribution in [0.25, 0.3) is 0 Å². The summed E-state index contributed by atoms with van der Waals surface area (Å²) < 4.78 is 5.78. The van der Waals surface area contributed by atoms with Crippen LogP contribution in [0.1, 0.15) is 112 Å². The fourth-order valence-corrected chi connectivity index (χ4v) is 6.87. The molecule has 10 heteroatoms. The van der Waals surface area contributed by atoms with Crippen molar-refractivity contribution in [2.45, 2.75) is 98.8 Å². The second-order valence-electron chi connectivity index (χ2n) is 13.5. The lowest BCUT2D eigenvalue weighted by Crippen LogP contribution is -2.46. The number of thiazole rings is 1. The number of rotatable bonds is 18. The number of ketones is 1. The van der Waals surface area contributed by atoms with Crippen molar-refractivity contribution in [3.63, 3.8) is 0 Å². The largest absolute Gasteiger partial charge is 0.455 e. The second-order valence-corrected chi connectivity index (χ2v) is 14.4. The maximum Gasteiger partial charge on any atom is 0.303 e. The maximum atomic E-state index is 14.1. The van der Waals surface area contributed by atoms with Crippen molar-refractivity contribution in [1.29, 1.82) is 0 Å². The van der Waals surface area contributed by atoms with E-state index in [1.165, 1.54) is 18.3 Å². The van der Waals surface area contributed by atoms with Crippen molar-refractivity contribution in [3.8, 4) is 0 Å². The van der Waals surface area contributed by atoms with Gasteiger partial charge in [0, 0.05) is 56.4 Å². The first-order chi connectivity index (χ1) is 22.8. The van der Waals surface area contributed by atoms with Crippen molar-refractivity contribution < 1.29 is 23.9 Å². The number of benzene rings is 1. The van der Waals surface area contributed by atoms with Gasteiger partial charge in [0.05, 0.1) is 0 Å². The lowest BCUT2D eigenvalue weighted by Gasteiger charge is -2.36. The Balaban J connectivity index is 1.80. The number of Topliss-reactive ketones (excluding diaryl/α,β-unsaturated/α-hetero) is 1. The summed E-state index contributed by atoms with van der Waals surface area (Å²) in [6, 6.07) is 14.9. The van der Waals surface area contributed by atoms with Gasteiger partial charge in [-0.05, 0) is 48.3 Å². The molecule has 260 valence electrons. The van der Waals surface area contributed by atoms with E-state index in [-0.39, 0.29) is 53.6 Å². The topological polar surface area (TPSA) is 119 Å². The number of carbonyl (C=O) groups is 4. The number of hydrogen-bond donors (Lipinski definition) is 1. The number of amides is 2. The molecule has 9 nitrogen and oxygen atoms in total. The van der Waals surface area contributed by atoms with E-state index in [1.807, 2.05) is 45.9 Å². The summed E-state index contributed by atoms with van der Waals surface area (Å²) in [6.45, 7) is 13.6. The van der Waals surface area contributed by atoms with Gasteiger partial charge in [-0.1, -0.05) is 84.4 Å². The zero-order chi connectivity index (χ0) is 35.4. The number of pyridine rings is 1. The number of carbonyl (C=O) groups excluding carboxylic acids is 4. The van der Waals surface area contributed by atoms with Gasteiger partial charge in [-0.3, -0.25) is 24.2 Å². The lowest BCUT2D eigenvalue weighted by atomic mass is 9.84. The minimum atomic E-state index is -0.760. The first-order valence-corrected chi connectivity index (χ1v) is 17.9. The van der Waals surface area contributed by atoms with Crippen molar-refractivity contribution in [1.82, 2.24) is 20.2 Å². The lowest BCUT2D eigenvalue weighted by molar-refractivity contribution is -0.149. The van der Waals surface area contributed by atoms with Gasteiger partial charge in [0.25, 0.3) is 5.91 Å². The van der Waals surface area contributed by atoms with Crippen LogP contribution in [0.4, 0.5) is 0 Å². The molecule has 3 aromatic rings.